The molecule has 5 heteroatoms. The van der Waals surface area contributed by atoms with Crippen molar-refractivity contribution >= 4 is 11.3 Å². The highest BCUT2D eigenvalue weighted by molar-refractivity contribution is 7.14. The van der Waals surface area contributed by atoms with Gasteiger partial charge in [-0.2, -0.15) is 0 Å². The van der Waals surface area contributed by atoms with Gasteiger partial charge in [0.15, 0.2) is 5.01 Å². The predicted molar refractivity (Wildman–Crippen MR) is 67.3 cm³/mol. The zero-order chi connectivity index (χ0) is 12.1. The van der Waals surface area contributed by atoms with E-state index in [1.54, 1.807) is 18.2 Å². The summed E-state index contributed by atoms with van der Waals surface area (Å²) in [5, 5.41) is 12.8. The summed E-state index contributed by atoms with van der Waals surface area (Å²) in [6.07, 6.45) is 1.08. The molecule has 1 aromatic carbocycles. The van der Waals surface area contributed by atoms with E-state index in [0.29, 0.717) is 17.1 Å². The van der Waals surface area contributed by atoms with Crippen molar-refractivity contribution in [2.45, 2.75) is 19.9 Å². The lowest BCUT2D eigenvalue weighted by molar-refractivity contribution is 0.631. The van der Waals surface area contributed by atoms with Crippen LogP contribution in [0.3, 0.4) is 0 Å². The fourth-order valence-electron chi connectivity index (χ4n) is 1.44. The Morgan fingerprint density at radius 2 is 2.12 bits per heavy atom. The van der Waals surface area contributed by atoms with E-state index in [2.05, 4.69) is 22.4 Å². The monoisotopic (exact) mass is 251 g/mol. The van der Waals surface area contributed by atoms with Crippen LogP contribution in [0.1, 0.15) is 18.4 Å². The first-order chi connectivity index (χ1) is 8.31. The van der Waals surface area contributed by atoms with Gasteiger partial charge < -0.3 is 5.32 Å². The summed E-state index contributed by atoms with van der Waals surface area (Å²) in [5.41, 5.74) is 0.520. The van der Waals surface area contributed by atoms with E-state index in [0.717, 1.165) is 18.0 Å². The summed E-state index contributed by atoms with van der Waals surface area (Å²) in [6, 6.07) is 6.63. The Balaban J connectivity index is 2.10. The van der Waals surface area contributed by atoms with Crippen LogP contribution in [0.4, 0.5) is 4.39 Å². The van der Waals surface area contributed by atoms with Crippen LogP contribution in [0.5, 0.6) is 0 Å². The number of halogens is 1. The minimum Gasteiger partial charge on any atom is -0.310 e. The molecule has 17 heavy (non-hydrogen) atoms. The number of nitrogens with one attached hydrogen (secondary N) is 1. The largest absolute Gasteiger partial charge is 0.310 e. The molecule has 1 aromatic heterocycles. The Hall–Kier alpha value is -1.33. The minimum absolute atomic E-state index is 0.253. The van der Waals surface area contributed by atoms with E-state index in [1.165, 1.54) is 17.4 Å². The maximum absolute atomic E-state index is 13.5. The molecule has 0 aliphatic rings. The zero-order valence-electron chi connectivity index (χ0n) is 9.61. The van der Waals surface area contributed by atoms with Gasteiger partial charge in [0, 0.05) is 12.1 Å². The third-order valence-corrected chi connectivity index (χ3v) is 3.23. The molecule has 0 radical (unpaired) electrons. The molecule has 0 fully saturated rings. The van der Waals surface area contributed by atoms with Crippen LogP contribution < -0.4 is 5.32 Å². The van der Waals surface area contributed by atoms with E-state index in [9.17, 15) is 4.39 Å². The number of benzene rings is 1. The first kappa shape index (κ1) is 12.1. The summed E-state index contributed by atoms with van der Waals surface area (Å²) >= 11 is 1.43. The Morgan fingerprint density at radius 1 is 1.29 bits per heavy atom. The molecule has 2 rings (SSSR count). The summed E-state index contributed by atoms with van der Waals surface area (Å²) < 4.78 is 13.5. The second-order valence-corrected chi connectivity index (χ2v) is 4.72. The van der Waals surface area contributed by atoms with E-state index in [1.807, 2.05) is 0 Å². The third-order valence-electron chi connectivity index (χ3n) is 2.27. The van der Waals surface area contributed by atoms with Crippen LogP contribution >= 0.6 is 11.3 Å². The highest BCUT2D eigenvalue weighted by Crippen LogP contribution is 2.25. The Bertz CT molecular complexity index is 484. The molecule has 0 bridgehead atoms. The molecule has 0 saturated heterocycles. The van der Waals surface area contributed by atoms with Gasteiger partial charge in [0.2, 0.25) is 0 Å². The quantitative estimate of drug-likeness (QED) is 0.830. The second kappa shape index (κ2) is 5.84. The van der Waals surface area contributed by atoms with Crippen molar-refractivity contribution in [1.82, 2.24) is 15.5 Å². The molecule has 0 unspecified atom stereocenters. The second-order valence-electron chi connectivity index (χ2n) is 3.66. The minimum atomic E-state index is -0.253. The van der Waals surface area contributed by atoms with Gasteiger partial charge in [-0.15, -0.1) is 10.2 Å². The van der Waals surface area contributed by atoms with Crippen molar-refractivity contribution < 1.29 is 4.39 Å². The fourth-order valence-corrected chi connectivity index (χ4v) is 2.28. The summed E-state index contributed by atoms with van der Waals surface area (Å²) in [6.45, 7) is 3.76. The summed E-state index contributed by atoms with van der Waals surface area (Å²) in [7, 11) is 0. The molecule has 0 saturated carbocycles. The van der Waals surface area contributed by atoms with Crippen LogP contribution in [0.2, 0.25) is 0 Å². The number of hydrogen-bond acceptors (Lipinski definition) is 4. The van der Waals surface area contributed by atoms with Crippen molar-refractivity contribution in [3.8, 4) is 10.6 Å². The molecule has 0 aliphatic heterocycles. The van der Waals surface area contributed by atoms with Crippen molar-refractivity contribution in [3.05, 3.63) is 35.1 Å². The predicted octanol–water partition coefficient (Wildman–Crippen LogP) is 2.84. The average Bonchev–Trinajstić information content (AvgIpc) is 2.79. The van der Waals surface area contributed by atoms with Crippen molar-refractivity contribution in [1.29, 1.82) is 0 Å². The molecular weight excluding hydrogens is 237 g/mol. The first-order valence-corrected chi connectivity index (χ1v) is 6.41. The van der Waals surface area contributed by atoms with Crippen LogP contribution in [0.25, 0.3) is 10.6 Å². The SMILES string of the molecule is CCCNCc1nnc(-c2ccccc2F)s1. The van der Waals surface area contributed by atoms with Crippen LogP contribution in [0, 0.1) is 5.82 Å². The van der Waals surface area contributed by atoms with Gasteiger partial charge in [0.1, 0.15) is 10.8 Å². The van der Waals surface area contributed by atoms with Gasteiger partial charge in [-0.25, -0.2) is 4.39 Å². The molecule has 0 amide bonds. The Labute approximate surface area is 104 Å². The van der Waals surface area contributed by atoms with Crippen LogP contribution in [0.15, 0.2) is 24.3 Å². The summed E-state index contributed by atoms with van der Waals surface area (Å²) in [4.78, 5) is 0. The first-order valence-electron chi connectivity index (χ1n) is 5.59. The Kier molecular flexibility index (Phi) is 4.17. The maximum Gasteiger partial charge on any atom is 0.150 e. The molecule has 2 aromatic rings. The lowest BCUT2D eigenvalue weighted by Gasteiger charge is -1.97. The van der Waals surface area contributed by atoms with Crippen molar-refractivity contribution in [3.63, 3.8) is 0 Å². The van der Waals surface area contributed by atoms with E-state index in [4.69, 9.17) is 0 Å². The molecule has 0 aliphatic carbocycles. The number of hydrogen-bond donors (Lipinski definition) is 1. The molecule has 3 nitrogen and oxygen atoms in total. The van der Waals surface area contributed by atoms with Crippen molar-refractivity contribution in [2.75, 3.05) is 6.54 Å². The molecule has 90 valence electrons. The highest BCUT2D eigenvalue weighted by Gasteiger charge is 2.09. The normalized spacial score (nSPS) is 10.7. The van der Waals surface area contributed by atoms with Gasteiger partial charge in [-0.05, 0) is 25.1 Å². The summed E-state index contributed by atoms with van der Waals surface area (Å²) in [5.74, 6) is -0.253. The van der Waals surface area contributed by atoms with Gasteiger partial charge in [0.05, 0.1) is 0 Å². The number of aromatic nitrogens is 2. The molecule has 1 heterocycles. The highest BCUT2D eigenvalue weighted by atomic mass is 32.1. The number of nitrogens with zero attached hydrogens (tertiary/aromatic N) is 2. The fraction of sp³-hybridized carbons (Fsp3) is 0.333. The Morgan fingerprint density at radius 3 is 2.88 bits per heavy atom. The van der Waals surface area contributed by atoms with Crippen LogP contribution in [-0.4, -0.2) is 16.7 Å². The molecule has 1 N–H and O–H groups in total. The van der Waals surface area contributed by atoms with Gasteiger partial charge in [0.25, 0.3) is 0 Å². The van der Waals surface area contributed by atoms with Gasteiger partial charge >= 0.3 is 0 Å². The molecular formula is C12H14FN3S. The zero-order valence-corrected chi connectivity index (χ0v) is 10.4. The smallest absolute Gasteiger partial charge is 0.150 e. The van der Waals surface area contributed by atoms with Crippen LogP contribution in [-0.2, 0) is 6.54 Å². The van der Waals surface area contributed by atoms with Gasteiger partial charge in [-0.3, -0.25) is 0 Å². The lowest BCUT2D eigenvalue weighted by Crippen LogP contribution is -2.13. The average molecular weight is 251 g/mol. The van der Waals surface area contributed by atoms with E-state index in [-0.39, 0.29) is 5.82 Å². The topological polar surface area (TPSA) is 37.8 Å². The van der Waals surface area contributed by atoms with E-state index >= 15 is 0 Å². The standard InChI is InChI=1S/C12H14FN3S/c1-2-7-14-8-11-15-16-12(17-11)9-5-3-4-6-10(9)13/h3-6,14H,2,7-8H2,1H3. The van der Waals surface area contributed by atoms with Gasteiger partial charge in [-0.1, -0.05) is 30.4 Å². The van der Waals surface area contributed by atoms with E-state index < -0.39 is 0 Å². The lowest BCUT2D eigenvalue weighted by atomic mass is 10.2. The maximum atomic E-state index is 13.5. The molecule has 0 spiro atoms. The molecule has 0 atom stereocenters. The third kappa shape index (κ3) is 3.08. The van der Waals surface area contributed by atoms with Crippen molar-refractivity contribution in [2.24, 2.45) is 0 Å². The number of rotatable bonds is 5.